The SMILES string of the molecule is Cc1cc(NC(c2ccco2)c2ccc(Cl)s2)ccc1F. The Kier molecular flexibility index (Phi) is 3.99. The van der Waals surface area contributed by atoms with Crippen molar-refractivity contribution in [2.75, 3.05) is 5.32 Å². The predicted octanol–water partition coefficient (Wildman–Crippen LogP) is 5.64. The maximum Gasteiger partial charge on any atom is 0.131 e. The Morgan fingerprint density at radius 1 is 1.24 bits per heavy atom. The number of hydrogen-bond acceptors (Lipinski definition) is 3. The summed E-state index contributed by atoms with van der Waals surface area (Å²) < 4.78 is 19.6. The minimum atomic E-state index is -0.214. The molecule has 0 radical (unpaired) electrons. The minimum Gasteiger partial charge on any atom is -0.467 e. The second kappa shape index (κ2) is 5.92. The average molecular weight is 322 g/mol. The molecule has 0 aliphatic heterocycles. The van der Waals surface area contributed by atoms with Gasteiger partial charge in [-0.1, -0.05) is 11.6 Å². The lowest BCUT2D eigenvalue weighted by Crippen LogP contribution is -2.10. The maximum atomic E-state index is 13.4. The van der Waals surface area contributed by atoms with Crippen molar-refractivity contribution >= 4 is 28.6 Å². The van der Waals surface area contributed by atoms with Gasteiger partial charge in [0.2, 0.25) is 0 Å². The van der Waals surface area contributed by atoms with Gasteiger partial charge in [0.15, 0.2) is 0 Å². The summed E-state index contributed by atoms with van der Waals surface area (Å²) in [5.74, 6) is 0.574. The molecule has 2 nitrogen and oxygen atoms in total. The standard InChI is InChI=1S/C16H13ClFNOS/c1-10-9-11(4-5-12(10)18)19-16(13-3-2-8-20-13)14-6-7-15(17)21-14/h2-9,16,19H,1H3. The van der Waals surface area contributed by atoms with E-state index in [4.69, 9.17) is 16.0 Å². The molecule has 1 aromatic carbocycles. The molecule has 1 atom stereocenters. The van der Waals surface area contributed by atoms with Crippen molar-refractivity contribution < 1.29 is 8.81 Å². The van der Waals surface area contributed by atoms with Crippen LogP contribution in [-0.4, -0.2) is 0 Å². The van der Waals surface area contributed by atoms with Crippen molar-refractivity contribution in [3.63, 3.8) is 0 Å². The Morgan fingerprint density at radius 2 is 2.10 bits per heavy atom. The van der Waals surface area contributed by atoms with Crippen LogP contribution in [0.2, 0.25) is 4.34 Å². The van der Waals surface area contributed by atoms with Crippen LogP contribution >= 0.6 is 22.9 Å². The quantitative estimate of drug-likeness (QED) is 0.672. The first-order valence-electron chi connectivity index (χ1n) is 6.45. The first-order valence-corrected chi connectivity index (χ1v) is 7.64. The Hall–Kier alpha value is -1.78. The summed E-state index contributed by atoms with van der Waals surface area (Å²) in [4.78, 5) is 1.04. The number of anilines is 1. The summed E-state index contributed by atoms with van der Waals surface area (Å²) in [5, 5.41) is 3.37. The summed E-state index contributed by atoms with van der Waals surface area (Å²) in [6.07, 6.45) is 1.63. The van der Waals surface area contributed by atoms with E-state index < -0.39 is 0 Å². The number of halogens is 2. The summed E-state index contributed by atoms with van der Waals surface area (Å²) >= 11 is 7.51. The monoisotopic (exact) mass is 321 g/mol. The zero-order chi connectivity index (χ0) is 14.8. The maximum absolute atomic E-state index is 13.4. The molecule has 1 N–H and O–H groups in total. The van der Waals surface area contributed by atoms with Crippen LogP contribution in [0.4, 0.5) is 10.1 Å². The van der Waals surface area contributed by atoms with Gasteiger partial charge in [-0.2, -0.15) is 0 Å². The highest BCUT2D eigenvalue weighted by molar-refractivity contribution is 7.16. The molecule has 0 spiro atoms. The third kappa shape index (κ3) is 3.12. The lowest BCUT2D eigenvalue weighted by atomic mass is 10.1. The van der Waals surface area contributed by atoms with E-state index >= 15 is 0 Å². The zero-order valence-electron chi connectivity index (χ0n) is 11.3. The summed E-state index contributed by atoms with van der Waals surface area (Å²) in [6, 6.07) is 12.4. The molecule has 0 fully saturated rings. The molecular formula is C16H13ClFNOS. The van der Waals surface area contributed by atoms with Gasteiger partial charge in [0.05, 0.1) is 10.6 Å². The van der Waals surface area contributed by atoms with Gasteiger partial charge in [0, 0.05) is 10.6 Å². The van der Waals surface area contributed by atoms with Gasteiger partial charge in [-0.05, 0) is 55.0 Å². The van der Waals surface area contributed by atoms with Crippen molar-refractivity contribution in [1.29, 1.82) is 0 Å². The van der Waals surface area contributed by atoms with Crippen LogP contribution in [0.1, 0.15) is 22.2 Å². The van der Waals surface area contributed by atoms with Crippen molar-refractivity contribution in [2.45, 2.75) is 13.0 Å². The smallest absolute Gasteiger partial charge is 0.131 e. The molecule has 3 rings (SSSR count). The van der Waals surface area contributed by atoms with Crippen molar-refractivity contribution in [3.05, 3.63) is 75.1 Å². The third-order valence-electron chi connectivity index (χ3n) is 3.18. The molecule has 21 heavy (non-hydrogen) atoms. The van der Waals surface area contributed by atoms with E-state index in [-0.39, 0.29) is 11.9 Å². The lowest BCUT2D eigenvalue weighted by molar-refractivity contribution is 0.500. The van der Waals surface area contributed by atoms with E-state index in [1.54, 1.807) is 25.3 Å². The van der Waals surface area contributed by atoms with Gasteiger partial charge in [-0.15, -0.1) is 11.3 Å². The first kappa shape index (κ1) is 14.2. The Balaban J connectivity index is 1.94. The fourth-order valence-corrected chi connectivity index (χ4v) is 3.24. The molecule has 0 aliphatic carbocycles. The highest BCUT2D eigenvalue weighted by Crippen LogP contribution is 2.34. The van der Waals surface area contributed by atoms with Crippen LogP contribution in [-0.2, 0) is 0 Å². The predicted molar refractivity (Wildman–Crippen MR) is 84.6 cm³/mol. The Bertz CT molecular complexity index is 739. The van der Waals surface area contributed by atoms with Crippen LogP contribution in [0.25, 0.3) is 0 Å². The van der Waals surface area contributed by atoms with Crippen molar-refractivity contribution in [3.8, 4) is 0 Å². The molecule has 2 heterocycles. The molecule has 0 amide bonds. The molecule has 1 unspecified atom stereocenters. The number of benzene rings is 1. The van der Waals surface area contributed by atoms with Gasteiger partial charge in [0.1, 0.15) is 17.6 Å². The van der Waals surface area contributed by atoms with Gasteiger partial charge in [0.25, 0.3) is 0 Å². The summed E-state index contributed by atoms with van der Waals surface area (Å²) in [7, 11) is 0. The van der Waals surface area contributed by atoms with E-state index in [9.17, 15) is 4.39 Å². The van der Waals surface area contributed by atoms with Crippen LogP contribution in [0, 0.1) is 12.7 Å². The number of thiophene rings is 1. The molecule has 0 bridgehead atoms. The fraction of sp³-hybridized carbons (Fsp3) is 0.125. The molecule has 2 aromatic heterocycles. The number of nitrogens with one attached hydrogen (secondary N) is 1. The Morgan fingerprint density at radius 3 is 2.71 bits per heavy atom. The topological polar surface area (TPSA) is 25.2 Å². The second-order valence-electron chi connectivity index (χ2n) is 4.70. The zero-order valence-corrected chi connectivity index (χ0v) is 12.8. The van der Waals surface area contributed by atoms with Crippen molar-refractivity contribution in [1.82, 2.24) is 0 Å². The van der Waals surface area contributed by atoms with Gasteiger partial charge in [-0.25, -0.2) is 4.39 Å². The largest absolute Gasteiger partial charge is 0.467 e. The average Bonchev–Trinajstić information content (AvgIpc) is 3.11. The van der Waals surface area contributed by atoms with E-state index in [0.717, 1.165) is 20.7 Å². The van der Waals surface area contributed by atoms with Crippen LogP contribution in [0.15, 0.2) is 53.1 Å². The summed E-state index contributed by atoms with van der Waals surface area (Å²) in [6.45, 7) is 1.74. The molecule has 0 saturated carbocycles. The lowest BCUT2D eigenvalue weighted by Gasteiger charge is -2.17. The van der Waals surface area contributed by atoms with Crippen LogP contribution in [0.3, 0.4) is 0 Å². The molecule has 5 heteroatoms. The van der Waals surface area contributed by atoms with Crippen LogP contribution < -0.4 is 5.32 Å². The Labute approximate surface area is 131 Å². The third-order valence-corrected chi connectivity index (χ3v) is 4.47. The van der Waals surface area contributed by atoms with Gasteiger partial charge >= 0.3 is 0 Å². The second-order valence-corrected chi connectivity index (χ2v) is 6.45. The van der Waals surface area contributed by atoms with Crippen LogP contribution in [0.5, 0.6) is 0 Å². The highest BCUT2D eigenvalue weighted by Gasteiger charge is 2.19. The van der Waals surface area contributed by atoms with E-state index in [1.165, 1.54) is 17.4 Å². The van der Waals surface area contributed by atoms with Crippen molar-refractivity contribution in [2.24, 2.45) is 0 Å². The van der Waals surface area contributed by atoms with Gasteiger partial charge in [-0.3, -0.25) is 0 Å². The minimum absolute atomic E-state index is 0.151. The highest BCUT2D eigenvalue weighted by atomic mass is 35.5. The number of hydrogen-bond donors (Lipinski definition) is 1. The number of aryl methyl sites for hydroxylation is 1. The first-order chi connectivity index (χ1) is 10.1. The molecular weight excluding hydrogens is 309 g/mol. The molecule has 3 aromatic rings. The van der Waals surface area contributed by atoms with E-state index in [2.05, 4.69) is 5.32 Å². The number of rotatable bonds is 4. The van der Waals surface area contributed by atoms with E-state index in [0.29, 0.717) is 5.56 Å². The number of furan rings is 1. The molecule has 108 valence electrons. The van der Waals surface area contributed by atoms with Gasteiger partial charge < -0.3 is 9.73 Å². The van der Waals surface area contributed by atoms with E-state index in [1.807, 2.05) is 24.3 Å². The normalized spacial score (nSPS) is 12.3. The summed E-state index contributed by atoms with van der Waals surface area (Å²) in [5.41, 5.74) is 1.43. The molecule has 0 aliphatic rings. The fourth-order valence-electron chi connectivity index (χ4n) is 2.12. The molecule has 0 saturated heterocycles.